The second-order valence-corrected chi connectivity index (χ2v) is 7.20. The number of phenols is 1. The first-order valence-electron chi connectivity index (χ1n) is 9.01. The zero-order chi connectivity index (χ0) is 17.7. The molecule has 0 radical (unpaired) electrons. The number of pyridine rings is 1. The van der Waals surface area contributed by atoms with E-state index in [4.69, 9.17) is 4.74 Å². The second-order valence-electron chi connectivity index (χ2n) is 7.20. The Labute approximate surface area is 151 Å². The average Bonchev–Trinajstić information content (AvgIpc) is 3.26. The Kier molecular flexibility index (Phi) is 3.53. The smallest absolute Gasteiger partial charge is 0.158 e. The third-order valence-electron chi connectivity index (χ3n) is 5.42. The van der Waals surface area contributed by atoms with Gasteiger partial charge in [0.05, 0.1) is 18.2 Å². The van der Waals surface area contributed by atoms with Crippen LogP contribution in [-0.2, 0) is 4.74 Å². The zero-order valence-electron chi connectivity index (χ0n) is 14.5. The summed E-state index contributed by atoms with van der Waals surface area (Å²) in [5.74, 6) is 0.934. The third kappa shape index (κ3) is 2.49. The monoisotopic (exact) mass is 348 g/mol. The standard InChI is InChI=1S/C20H20N4O2/c1-11-2-4-14(17(25)8-11)19-13-6-7-21-10-15(13)20(24-23-19)22-16-9-12-3-5-18(16)26-12/h2,4,6-8,10,12,16,18,25H,3,5,9H2,1H3,(H,22,24)/t12?,16?,18-/m1/s1. The molecule has 2 bridgehead atoms. The minimum Gasteiger partial charge on any atom is -0.507 e. The highest BCUT2D eigenvalue weighted by atomic mass is 16.5. The van der Waals surface area contributed by atoms with Gasteiger partial charge in [-0.05, 0) is 49.9 Å². The first kappa shape index (κ1) is 15.5. The van der Waals surface area contributed by atoms with Crippen LogP contribution in [0.3, 0.4) is 0 Å². The van der Waals surface area contributed by atoms with E-state index in [1.165, 1.54) is 0 Å². The fraction of sp³-hybridized carbons (Fsp3) is 0.350. The number of benzene rings is 1. The van der Waals surface area contributed by atoms with E-state index in [1.54, 1.807) is 18.5 Å². The van der Waals surface area contributed by atoms with Crippen molar-refractivity contribution in [2.24, 2.45) is 0 Å². The van der Waals surface area contributed by atoms with Crippen LogP contribution < -0.4 is 5.32 Å². The highest BCUT2D eigenvalue weighted by Crippen LogP contribution is 2.38. The largest absolute Gasteiger partial charge is 0.507 e. The molecule has 6 heteroatoms. The molecule has 2 unspecified atom stereocenters. The molecule has 0 saturated carbocycles. The molecule has 0 aliphatic carbocycles. The Bertz CT molecular complexity index is 991. The summed E-state index contributed by atoms with van der Waals surface area (Å²) < 4.78 is 5.93. The van der Waals surface area contributed by atoms with Crippen molar-refractivity contribution in [2.75, 3.05) is 5.32 Å². The van der Waals surface area contributed by atoms with Gasteiger partial charge < -0.3 is 15.2 Å². The quantitative estimate of drug-likeness (QED) is 0.755. The number of hydrogen-bond donors (Lipinski definition) is 2. The maximum atomic E-state index is 10.4. The van der Waals surface area contributed by atoms with Gasteiger partial charge in [0, 0.05) is 28.7 Å². The van der Waals surface area contributed by atoms with Crippen molar-refractivity contribution in [1.29, 1.82) is 0 Å². The number of phenolic OH excluding ortho intramolecular Hbond substituents is 1. The van der Waals surface area contributed by atoms with Crippen molar-refractivity contribution in [3.8, 4) is 17.0 Å². The van der Waals surface area contributed by atoms with Gasteiger partial charge in [-0.15, -0.1) is 10.2 Å². The van der Waals surface area contributed by atoms with Gasteiger partial charge in [-0.3, -0.25) is 4.98 Å². The molecule has 3 atom stereocenters. The van der Waals surface area contributed by atoms with Crippen molar-refractivity contribution >= 4 is 16.6 Å². The van der Waals surface area contributed by atoms with Gasteiger partial charge in [-0.2, -0.15) is 0 Å². The predicted octanol–water partition coefficient (Wildman–Crippen LogP) is 3.44. The number of rotatable bonds is 3. The first-order chi connectivity index (χ1) is 12.7. The fourth-order valence-electron chi connectivity index (χ4n) is 4.11. The van der Waals surface area contributed by atoms with E-state index < -0.39 is 0 Å². The van der Waals surface area contributed by atoms with Crippen LogP contribution in [0.15, 0.2) is 36.7 Å². The number of anilines is 1. The molecule has 0 amide bonds. The lowest BCUT2D eigenvalue weighted by atomic mass is 9.95. The minimum atomic E-state index is 0.208. The van der Waals surface area contributed by atoms with Gasteiger partial charge in [-0.1, -0.05) is 6.07 Å². The van der Waals surface area contributed by atoms with Crippen molar-refractivity contribution in [2.45, 2.75) is 44.4 Å². The molecule has 2 aliphatic heterocycles. The van der Waals surface area contributed by atoms with Crippen LogP contribution in [0.1, 0.15) is 24.8 Å². The molecule has 2 aliphatic rings. The number of aryl methyl sites for hydroxylation is 1. The molecule has 0 spiro atoms. The molecule has 4 heterocycles. The number of ether oxygens (including phenoxy) is 1. The highest BCUT2D eigenvalue weighted by Gasteiger charge is 2.41. The maximum absolute atomic E-state index is 10.4. The molecule has 2 saturated heterocycles. The molecule has 1 aromatic carbocycles. The van der Waals surface area contributed by atoms with Gasteiger partial charge in [0.2, 0.25) is 0 Å². The Morgan fingerprint density at radius 3 is 2.85 bits per heavy atom. The molecule has 5 rings (SSSR count). The van der Waals surface area contributed by atoms with Crippen LogP contribution in [0.25, 0.3) is 22.0 Å². The third-order valence-corrected chi connectivity index (χ3v) is 5.42. The van der Waals surface area contributed by atoms with E-state index in [1.807, 2.05) is 25.1 Å². The lowest BCUT2D eigenvalue weighted by Gasteiger charge is -2.21. The van der Waals surface area contributed by atoms with Crippen molar-refractivity contribution in [1.82, 2.24) is 15.2 Å². The van der Waals surface area contributed by atoms with E-state index >= 15 is 0 Å². The Morgan fingerprint density at radius 2 is 2.08 bits per heavy atom. The van der Waals surface area contributed by atoms with E-state index in [9.17, 15) is 5.11 Å². The lowest BCUT2D eigenvalue weighted by molar-refractivity contribution is 0.102. The van der Waals surface area contributed by atoms with Gasteiger partial charge in [0.15, 0.2) is 5.82 Å². The number of nitrogens with zero attached hydrogens (tertiary/aromatic N) is 3. The second kappa shape index (κ2) is 5.92. The van der Waals surface area contributed by atoms with Crippen LogP contribution in [0.4, 0.5) is 5.82 Å². The Balaban J connectivity index is 1.58. The molecule has 2 N–H and O–H groups in total. The summed E-state index contributed by atoms with van der Waals surface area (Å²) >= 11 is 0. The van der Waals surface area contributed by atoms with Crippen molar-refractivity contribution in [3.63, 3.8) is 0 Å². The van der Waals surface area contributed by atoms with Crippen LogP contribution in [0, 0.1) is 6.92 Å². The van der Waals surface area contributed by atoms with E-state index in [-0.39, 0.29) is 17.9 Å². The van der Waals surface area contributed by atoms with Crippen molar-refractivity contribution < 1.29 is 9.84 Å². The molecular weight excluding hydrogens is 328 g/mol. The van der Waals surface area contributed by atoms with Gasteiger partial charge >= 0.3 is 0 Å². The molecular formula is C20H20N4O2. The molecule has 6 nitrogen and oxygen atoms in total. The van der Waals surface area contributed by atoms with Crippen LogP contribution in [-0.4, -0.2) is 38.5 Å². The fourth-order valence-corrected chi connectivity index (χ4v) is 4.11. The van der Waals surface area contributed by atoms with Crippen LogP contribution >= 0.6 is 0 Å². The highest BCUT2D eigenvalue weighted by molar-refractivity contribution is 6.00. The molecule has 26 heavy (non-hydrogen) atoms. The number of hydrogen-bond acceptors (Lipinski definition) is 6. The number of aromatic hydroxyl groups is 1. The van der Waals surface area contributed by atoms with Gasteiger partial charge in [-0.25, -0.2) is 0 Å². The summed E-state index contributed by atoms with van der Waals surface area (Å²) in [6.07, 6.45) is 7.43. The van der Waals surface area contributed by atoms with Gasteiger partial charge in [0.1, 0.15) is 11.4 Å². The van der Waals surface area contributed by atoms with Gasteiger partial charge in [0.25, 0.3) is 0 Å². The average molecular weight is 348 g/mol. The summed E-state index contributed by atoms with van der Waals surface area (Å²) in [7, 11) is 0. The summed E-state index contributed by atoms with van der Waals surface area (Å²) in [6, 6.07) is 7.77. The molecule has 3 aromatic rings. The normalized spacial score (nSPS) is 24.3. The van der Waals surface area contributed by atoms with E-state index in [0.717, 1.165) is 41.4 Å². The molecule has 132 valence electrons. The summed E-state index contributed by atoms with van der Waals surface area (Å²) in [4.78, 5) is 4.27. The van der Waals surface area contributed by atoms with Crippen molar-refractivity contribution in [3.05, 3.63) is 42.2 Å². The summed E-state index contributed by atoms with van der Waals surface area (Å²) in [6.45, 7) is 1.95. The first-order valence-corrected chi connectivity index (χ1v) is 9.01. The number of nitrogens with one attached hydrogen (secondary N) is 1. The maximum Gasteiger partial charge on any atom is 0.158 e. The SMILES string of the molecule is Cc1ccc(-c2nnc(NC3CC4CC[C@H]3O4)c3cnccc23)c(O)c1. The van der Waals surface area contributed by atoms with Crippen LogP contribution in [0.2, 0.25) is 0 Å². The number of aromatic nitrogens is 3. The molecule has 2 fully saturated rings. The van der Waals surface area contributed by atoms with E-state index in [2.05, 4.69) is 20.5 Å². The summed E-state index contributed by atoms with van der Waals surface area (Å²) in [5, 5.41) is 24.6. The Morgan fingerprint density at radius 1 is 1.15 bits per heavy atom. The Hall–Kier alpha value is -2.73. The number of fused-ring (bicyclic) bond motifs is 3. The minimum absolute atomic E-state index is 0.208. The zero-order valence-corrected chi connectivity index (χ0v) is 14.5. The lowest BCUT2D eigenvalue weighted by Crippen LogP contribution is -2.31. The summed E-state index contributed by atoms with van der Waals surface area (Å²) in [5.41, 5.74) is 2.34. The molecule has 2 aromatic heterocycles. The van der Waals surface area contributed by atoms with Crippen LogP contribution in [0.5, 0.6) is 5.75 Å². The predicted molar refractivity (Wildman–Crippen MR) is 99.1 cm³/mol. The van der Waals surface area contributed by atoms with E-state index in [0.29, 0.717) is 17.4 Å². The topological polar surface area (TPSA) is 80.2 Å².